The molecule has 1 rings (SSSR count). The van der Waals surface area contributed by atoms with E-state index in [1.807, 2.05) is 0 Å². The third-order valence-electron chi connectivity index (χ3n) is 2.85. The molecule has 84 valence electrons. The summed E-state index contributed by atoms with van der Waals surface area (Å²) in [6.07, 6.45) is 1.71. The molecule has 0 aromatic carbocycles. The molecule has 0 saturated heterocycles. The minimum absolute atomic E-state index is 0.182. The van der Waals surface area contributed by atoms with Crippen molar-refractivity contribution in [1.29, 1.82) is 0 Å². The first-order chi connectivity index (χ1) is 6.47. The number of sulfonamides is 1. The van der Waals surface area contributed by atoms with E-state index in [-0.39, 0.29) is 5.75 Å². The Balaban J connectivity index is 2.37. The zero-order chi connectivity index (χ0) is 10.8. The molecule has 1 saturated carbocycles. The van der Waals surface area contributed by atoms with Crippen molar-refractivity contribution in [2.24, 2.45) is 17.6 Å². The number of hydrogen-bond donors (Lipinski definition) is 1. The first-order valence-electron chi connectivity index (χ1n) is 5.11. The highest BCUT2D eigenvalue weighted by molar-refractivity contribution is 7.89. The average molecular weight is 220 g/mol. The monoisotopic (exact) mass is 220 g/mol. The van der Waals surface area contributed by atoms with E-state index in [0.717, 1.165) is 6.42 Å². The van der Waals surface area contributed by atoms with Crippen molar-refractivity contribution >= 4 is 10.0 Å². The standard InChI is InChI=1S/C9H20N2O2S/c1-8-6-9(8)7-11(2)14(12,13)5-3-4-10/h8-9H,3-7,10H2,1-2H3. The quantitative estimate of drug-likeness (QED) is 0.698. The Bertz CT molecular complexity index is 277. The molecule has 2 atom stereocenters. The lowest BCUT2D eigenvalue weighted by Gasteiger charge is -2.16. The average Bonchev–Trinajstić information content (AvgIpc) is 2.78. The van der Waals surface area contributed by atoms with Crippen LogP contribution in [0.15, 0.2) is 0 Å². The van der Waals surface area contributed by atoms with Crippen LogP contribution in [0.2, 0.25) is 0 Å². The number of hydrogen-bond acceptors (Lipinski definition) is 3. The second-order valence-electron chi connectivity index (χ2n) is 4.21. The van der Waals surface area contributed by atoms with Gasteiger partial charge in [-0.2, -0.15) is 0 Å². The van der Waals surface area contributed by atoms with Crippen LogP contribution in [-0.2, 0) is 10.0 Å². The lowest BCUT2D eigenvalue weighted by atomic mass is 10.3. The normalized spacial score (nSPS) is 26.9. The number of rotatable bonds is 6. The SMILES string of the molecule is CC1CC1CN(C)S(=O)(=O)CCCN. The van der Waals surface area contributed by atoms with Crippen molar-refractivity contribution in [3.63, 3.8) is 0 Å². The van der Waals surface area contributed by atoms with Crippen molar-refractivity contribution in [1.82, 2.24) is 4.31 Å². The van der Waals surface area contributed by atoms with E-state index in [9.17, 15) is 8.42 Å². The summed E-state index contributed by atoms with van der Waals surface area (Å²) in [4.78, 5) is 0. The summed E-state index contributed by atoms with van der Waals surface area (Å²) in [7, 11) is -1.38. The Hall–Kier alpha value is -0.130. The first kappa shape index (κ1) is 11.9. The van der Waals surface area contributed by atoms with Crippen LogP contribution in [0.5, 0.6) is 0 Å². The van der Waals surface area contributed by atoms with Crippen LogP contribution in [0.25, 0.3) is 0 Å². The highest BCUT2D eigenvalue weighted by atomic mass is 32.2. The summed E-state index contributed by atoms with van der Waals surface area (Å²) in [6.45, 7) is 3.27. The van der Waals surface area contributed by atoms with Gasteiger partial charge in [-0.25, -0.2) is 12.7 Å². The molecule has 0 radical (unpaired) electrons. The lowest BCUT2D eigenvalue weighted by Crippen LogP contribution is -2.32. The van der Waals surface area contributed by atoms with E-state index < -0.39 is 10.0 Å². The van der Waals surface area contributed by atoms with Crippen LogP contribution in [0.3, 0.4) is 0 Å². The van der Waals surface area contributed by atoms with Gasteiger partial charge in [0.15, 0.2) is 0 Å². The van der Waals surface area contributed by atoms with Crippen molar-refractivity contribution < 1.29 is 8.42 Å². The molecule has 0 aromatic rings. The second-order valence-corrected chi connectivity index (χ2v) is 6.41. The van der Waals surface area contributed by atoms with E-state index in [1.165, 1.54) is 4.31 Å². The van der Waals surface area contributed by atoms with Crippen LogP contribution in [0.4, 0.5) is 0 Å². The van der Waals surface area contributed by atoms with Gasteiger partial charge >= 0.3 is 0 Å². The van der Waals surface area contributed by atoms with Crippen LogP contribution in [-0.4, -0.2) is 38.6 Å². The highest BCUT2D eigenvalue weighted by Gasteiger charge is 2.35. The summed E-state index contributed by atoms with van der Waals surface area (Å²) in [5.41, 5.74) is 5.29. The van der Waals surface area contributed by atoms with Gasteiger partial charge in [-0.1, -0.05) is 6.92 Å². The fraction of sp³-hybridized carbons (Fsp3) is 1.00. The van der Waals surface area contributed by atoms with Gasteiger partial charge in [-0.15, -0.1) is 0 Å². The van der Waals surface area contributed by atoms with Gasteiger partial charge in [0.1, 0.15) is 0 Å². The number of nitrogens with two attached hydrogens (primary N) is 1. The van der Waals surface area contributed by atoms with Gasteiger partial charge in [0, 0.05) is 13.6 Å². The van der Waals surface area contributed by atoms with Gasteiger partial charge < -0.3 is 5.73 Å². The summed E-state index contributed by atoms with van der Waals surface area (Å²) >= 11 is 0. The molecule has 0 heterocycles. The summed E-state index contributed by atoms with van der Waals surface area (Å²) in [5.74, 6) is 1.45. The zero-order valence-corrected chi connectivity index (χ0v) is 9.76. The van der Waals surface area contributed by atoms with E-state index >= 15 is 0 Å². The minimum atomic E-state index is -3.05. The van der Waals surface area contributed by atoms with Gasteiger partial charge in [-0.3, -0.25) is 0 Å². The molecular weight excluding hydrogens is 200 g/mol. The second kappa shape index (κ2) is 4.59. The molecule has 1 aliphatic carbocycles. The van der Waals surface area contributed by atoms with Gasteiger partial charge in [-0.05, 0) is 31.2 Å². The molecule has 5 heteroatoms. The smallest absolute Gasteiger partial charge is 0.213 e. The maximum Gasteiger partial charge on any atom is 0.213 e. The first-order valence-corrected chi connectivity index (χ1v) is 6.72. The van der Waals surface area contributed by atoms with E-state index in [1.54, 1.807) is 7.05 Å². The van der Waals surface area contributed by atoms with Crippen molar-refractivity contribution in [3.05, 3.63) is 0 Å². The molecule has 14 heavy (non-hydrogen) atoms. The third kappa shape index (κ3) is 3.22. The minimum Gasteiger partial charge on any atom is -0.330 e. The molecule has 0 bridgehead atoms. The molecular formula is C9H20N2O2S. The molecule has 0 aliphatic heterocycles. The van der Waals surface area contributed by atoms with Crippen molar-refractivity contribution in [2.75, 3.05) is 25.9 Å². The molecule has 2 N–H and O–H groups in total. The van der Waals surface area contributed by atoms with Gasteiger partial charge in [0.05, 0.1) is 5.75 Å². The van der Waals surface area contributed by atoms with Crippen molar-refractivity contribution in [2.45, 2.75) is 19.8 Å². The molecule has 2 unspecified atom stereocenters. The van der Waals surface area contributed by atoms with Crippen molar-refractivity contribution in [3.8, 4) is 0 Å². The van der Waals surface area contributed by atoms with Crippen LogP contribution < -0.4 is 5.73 Å². The Morgan fingerprint density at radius 1 is 1.50 bits per heavy atom. The Kier molecular flexibility index (Phi) is 3.92. The molecule has 0 spiro atoms. The summed E-state index contributed by atoms with van der Waals surface area (Å²) in [5, 5.41) is 0. The molecule has 1 fully saturated rings. The fourth-order valence-corrected chi connectivity index (χ4v) is 2.78. The van der Waals surface area contributed by atoms with Gasteiger partial charge in [0.2, 0.25) is 10.0 Å². The predicted molar refractivity (Wildman–Crippen MR) is 57.4 cm³/mol. The highest BCUT2D eigenvalue weighted by Crippen LogP contribution is 2.38. The number of nitrogens with zero attached hydrogens (tertiary/aromatic N) is 1. The van der Waals surface area contributed by atoms with Crippen LogP contribution >= 0.6 is 0 Å². The Morgan fingerprint density at radius 3 is 2.50 bits per heavy atom. The zero-order valence-electron chi connectivity index (χ0n) is 8.94. The van der Waals surface area contributed by atoms with Gasteiger partial charge in [0.25, 0.3) is 0 Å². The maximum atomic E-state index is 11.6. The van der Waals surface area contributed by atoms with E-state index in [2.05, 4.69) is 6.92 Å². The molecule has 0 aromatic heterocycles. The third-order valence-corrected chi connectivity index (χ3v) is 4.75. The van der Waals surface area contributed by atoms with E-state index in [0.29, 0.717) is 31.3 Å². The van der Waals surface area contributed by atoms with Crippen LogP contribution in [0.1, 0.15) is 19.8 Å². The lowest BCUT2D eigenvalue weighted by molar-refractivity contribution is 0.444. The van der Waals surface area contributed by atoms with Crippen LogP contribution in [0, 0.1) is 11.8 Å². The predicted octanol–water partition coefficient (Wildman–Crippen LogP) is 0.253. The largest absolute Gasteiger partial charge is 0.330 e. The molecule has 0 amide bonds. The topological polar surface area (TPSA) is 63.4 Å². The molecule has 4 nitrogen and oxygen atoms in total. The fourth-order valence-electron chi connectivity index (χ4n) is 1.52. The Labute approximate surface area is 86.5 Å². The Morgan fingerprint density at radius 2 is 2.07 bits per heavy atom. The maximum absolute atomic E-state index is 11.6. The summed E-state index contributed by atoms with van der Waals surface area (Å²) < 4.78 is 24.7. The summed E-state index contributed by atoms with van der Waals surface area (Å²) in [6, 6.07) is 0. The molecule has 1 aliphatic rings. The van der Waals surface area contributed by atoms with E-state index in [4.69, 9.17) is 5.73 Å².